The molecule has 4 N–H and O–H groups in total. The van der Waals surface area contributed by atoms with E-state index in [1.165, 1.54) is 6.20 Å². The summed E-state index contributed by atoms with van der Waals surface area (Å²) >= 11 is 5.88. The van der Waals surface area contributed by atoms with Crippen molar-refractivity contribution in [2.24, 2.45) is 0 Å². The number of hydrogen-bond donors (Lipinski definition) is 3. The average molecular weight is 265 g/mol. The Hall–Kier alpha value is -2.01. The van der Waals surface area contributed by atoms with Crippen LogP contribution < -0.4 is 16.6 Å². The molecule has 0 radical (unpaired) electrons. The van der Waals surface area contributed by atoms with E-state index >= 15 is 0 Å². The Balaban J connectivity index is 2.21. The monoisotopic (exact) mass is 264 g/mol. The van der Waals surface area contributed by atoms with Gasteiger partial charge in [0.1, 0.15) is 5.02 Å². The van der Waals surface area contributed by atoms with E-state index in [-0.39, 0.29) is 11.1 Å². The number of nitrogens with two attached hydrogens (primary N) is 1. The van der Waals surface area contributed by atoms with Crippen LogP contribution in [0.1, 0.15) is 18.5 Å². The maximum atomic E-state index is 11.3. The van der Waals surface area contributed by atoms with Crippen molar-refractivity contribution in [2.45, 2.75) is 13.0 Å². The van der Waals surface area contributed by atoms with E-state index in [9.17, 15) is 4.79 Å². The van der Waals surface area contributed by atoms with E-state index < -0.39 is 5.56 Å². The lowest BCUT2D eigenvalue weighted by molar-refractivity contribution is 0.875. The highest BCUT2D eigenvalue weighted by atomic mass is 35.5. The highest BCUT2D eigenvalue weighted by molar-refractivity contribution is 6.32. The quantitative estimate of drug-likeness (QED) is 0.742. The van der Waals surface area contributed by atoms with Crippen LogP contribution >= 0.6 is 11.6 Å². The number of nitrogen functional groups attached to an aromatic ring is 1. The van der Waals surface area contributed by atoms with Crippen molar-refractivity contribution in [1.82, 2.24) is 10.2 Å². The summed E-state index contributed by atoms with van der Waals surface area (Å²) in [7, 11) is 0. The fraction of sp³-hybridized carbons (Fsp3) is 0.167. The molecule has 2 aromatic rings. The van der Waals surface area contributed by atoms with Gasteiger partial charge in [-0.05, 0) is 24.6 Å². The highest BCUT2D eigenvalue weighted by Crippen LogP contribution is 2.22. The number of benzene rings is 1. The summed E-state index contributed by atoms with van der Waals surface area (Å²) in [6, 6.07) is 7.48. The molecule has 0 aliphatic carbocycles. The van der Waals surface area contributed by atoms with Crippen LogP contribution in [0.2, 0.25) is 5.02 Å². The number of H-pyrrole nitrogens is 1. The zero-order valence-electron chi connectivity index (χ0n) is 9.77. The molecule has 1 heterocycles. The second-order valence-electron chi connectivity index (χ2n) is 3.96. The minimum absolute atomic E-state index is 0.00769. The molecule has 1 aromatic heterocycles. The third-order valence-electron chi connectivity index (χ3n) is 2.60. The molecule has 1 unspecified atom stereocenters. The smallest absolute Gasteiger partial charge is 0.285 e. The van der Waals surface area contributed by atoms with E-state index in [4.69, 9.17) is 17.3 Å². The SMILES string of the molecule is CC(Nc1cn[nH]c(=O)c1Cl)c1ccc(N)cc1. The van der Waals surface area contributed by atoms with Gasteiger partial charge < -0.3 is 11.1 Å². The number of nitrogens with zero attached hydrogens (tertiary/aromatic N) is 1. The van der Waals surface area contributed by atoms with Crippen LogP contribution in [0.15, 0.2) is 35.3 Å². The van der Waals surface area contributed by atoms with Crippen molar-refractivity contribution in [3.63, 3.8) is 0 Å². The summed E-state index contributed by atoms with van der Waals surface area (Å²) in [6.45, 7) is 1.96. The van der Waals surface area contributed by atoms with Crippen molar-refractivity contribution in [2.75, 3.05) is 11.1 Å². The van der Waals surface area contributed by atoms with Crippen molar-refractivity contribution in [3.8, 4) is 0 Å². The molecule has 0 amide bonds. The van der Waals surface area contributed by atoms with E-state index in [0.717, 1.165) is 5.56 Å². The fourth-order valence-electron chi connectivity index (χ4n) is 1.59. The summed E-state index contributed by atoms with van der Waals surface area (Å²) in [5.74, 6) is 0. The molecule has 18 heavy (non-hydrogen) atoms. The van der Waals surface area contributed by atoms with Crippen molar-refractivity contribution in [1.29, 1.82) is 0 Å². The predicted octanol–water partition coefficient (Wildman–Crippen LogP) is 2.18. The molecule has 1 aromatic carbocycles. The molecule has 0 fully saturated rings. The lowest BCUT2D eigenvalue weighted by Crippen LogP contribution is -2.14. The van der Waals surface area contributed by atoms with Gasteiger partial charge in [0.2, 0.25) is 0 Å². The van der Waals surface area contributed by atoms with E-state index in [0.29, 0.717) is 11.4 Å². The van der Waals surface area contributed by atoms with Gasteiger partial charge in [-0.1, -0.05) is 23.7 Å². The minimum atomic E-state index is -0.411. The second kappa shape index (κ2) is 5.10. The lowest BCUT2D eigenvalue weighted by atomic mass is 10.1. The fourth-order valence-corrected chi connectivity index (χ4v) is 1.73. The standard InChI is InChI=1S/C12H13ClN4O/c1-7(8-2-4-9(14)5-3-8)16-10-6-15-17-12(18)11(10)13/h2-7H,14H2,1H3,(H2,16,17,18). The molecule has 0 saturated carbocycles. The third kappa shape index (κ3) is 2.62. The number of hydrogen-bond acceptors (Lipinski definition) is 4. The van der Waals surface area contributed by atoms with Crippen LogP contribution in [0, 0.1) is 0 Å². The predicted molar refractivity (Wildman–Crippen MR) is 72.8 cm³/mol. The first-order valence-corrected chi connectivity index (χ1v) is 5.81. The van der Waals surface area contributed by atoms with Crippen LogP contribution in [0.4, 0.5) is 11.4 Å². The molecule has 1 atom stereocenters. The molecule has 0 bridgehead atoms. The van der Waals surface area contributed by atoms with Gasteiger partial charge in [0.25, 0.3) is 5.56 Å². The largest absolute Gasteiger partial charge is 0.399 e. The Morgan fingerprint density at radius 3 is 2.72 bits per heavy atom. The second-order valence-corrected chi connectivity index (χ2v) is 4.34. The van der Waals surface area contributed by atoms with Gasteiger partial charge >= 0.3 is 0 Å². The van der Waals surface area contributed by atoms with Crippen LogP contribution in [-0.2, 0) is 0 Å². The van der Waals surface area contributed by atoms with Crippen LogP contribution in [0.3, 0.4) is 0 Å². The van der Waals surface area contributed by atoms with Gasteiger partial charge in [-0.2, -0.15) is 5.10 Å². The summed E-state index contributed by atoms with van der Waals surface area (Å²) in [4.78, 5) is 11.3. The lowest BCUT2D eigenvalue weighted by Gasteiger charge is -2.16. The van der Waals surface area contributed by atoms with Gasteiger partial charge in [0.15, 0.2) is 0 Å². The Morgan fingerprint density at radius 1 is 1.39 bits per heavy atom. The zero-order chi connectivity index (χ0) is 13.1. The molecular formula is C12H13ClN4O. The topological polar surface area (TPSA) is 83.8 Å². The number of aromatic nitrogens is 2. The average Bonchev–Trinajstić information content (AvgIpc) is 2.36. The summed E-state index contributed by atoms with van der Waals surface area (Å²) in [6.07, 6.45) is 1.48. The van der Waals surface area contributed by atoms with E-state index in [2.05, 4.69) is 15.5 Å². The van der Waals surface area contributed by atoms with Crippen molar-refractivity contribution in [3.05, 3.63) is 51.4 Å². The minimum Gasteiger partial charge on any atom is -0.399 e. The molecule has 0 aliphatic heterocycles. The Labute approximate surface area is 109 Å². The van der Waals surface area contributed by atoms with Crippen LogP contribution in [0.25, 0.3) is 0 Å². The summed E-state index contributed by atoms with van der Waals surface area (Å²) in [5, 5.41) is 9.20. The van der Waals surface area contributed by atoms with E-state index in [1.54, 1.807) is 0 Å². The van der Waals surface area contributed by atoms with Gasteiger partial charge in [0, 0.05) is 11.7 Å². The number of anilines is 2. The first-order chi connectivity index (χ1) is 8.58. The molecule has 94 valence electrons. The maximum Gasteiger partial charge on any atom is 0.285 e. The van der Waals surface area contributed by atoms with Crippen LogP contribution in [-0.4, -0.2) is 10.2 Å². The maximum absolute atomic E-state index is 11.3. The summed E-state index contributed by atoms with van der Waals surface area (Å²) < 4.78 is 0. The third-order valence-corrected chi connectivity index (χ3v) is 2.98. The molecule has 0 saturated heterocycles. The first-order valence-electron chi connectivity index (χ1n) is 5.43. The van der Waals surface area contributed by atoms with Gasteiger partial charge in [-0.25, -0.2) is 5.10 Å². The first kappa shape index (κ1) is 12.4. The summed E-state index contributed by atoms with van der Waals surface area (Å²) in [5.41, 5.74) is 7.47. The van der Waals surface area contributed by atoms with Gasteiger partial charge in [0.05, 0.1) is 11.9 Å². The molecule has 5 nitrogen and oxygen atoms in total. The normalized spacial score (nSPS) is 12.1. The Kier molecular flexibility index (Phi) is 3.53. The molecule has 0 aliphatic rings. The Morgan fingerprint density at radius 2 is 2.06 bits per heavy atom. The van der Waals surface area contributed by atoms with Gasteiger partial charge in [-0.15, -0.1) is 0 Å². The molecular weight excluding hydrogens is 252 g/mol. The highest BCUT2D eigenvalue weighted by Gasteiger charge is 2.09. The van der Waals surface area contributed by atoms with E-state index in [1.807, 2.05) is 31.2 Å². The Bertz CT molecular complexity index is 594. The molecule has 6 heteroatoms. The van der Waals surface area contributed by atoms with Gasteiger partial charge in [-0.3, -0.25) is 4.79 Å². The number of halogens is 1. The van der Waals surface area contributed by atoms with Crippen molar-refractivity contribution >= 4 is 23.0 Å². The number of nitrogens with one attached hydrogen (secondary N) is 2. The molecule has 2 rings (SSSR count). The van der Waals surface area contributed by atoms with Crippen molar-refractivity contribution < 1.29 is 0 Å². The van der Waals surface area contributed by atoms with Crippen LogP contribution in [0.5, 0.6) is 0 Å². The molecule has 0 spiro atoms. The number of aromatic amines is 1. The number of rotatable bonds is 3. The zero-order valence-corrected chi connectivity index (χ0v) is 10.5.